The van der Waals surface area contributed by atoms with Gasteiger partial charge in [0.05, 0.1) is 19.8 Å². The molecule has 0 radical (unpaired) electrons. The van der Waals surface area contributed by atoms with E-state index in [9.17, 15) is 4.79 Å². The lowest BCUT2D eigenvalue weighted by Crippen LogP contribution is -2.27. The molecule has 0 aliphatic rings. The van der Waals surface area contributed by atoms with Gasteiger partial charge in [0.1, 0.15) is 0 Å². The second kappa shape index (κ2) is 6.49. The van der Waals surface area contributed by atoms with Crippen molar-refractivity contribution in [3.8, 4) is 0 Å². The van der Waals surface area contributed by atoms with Crippen molar-refractivity contribution < 1.29 is 14.6 Å². The number of carbonyl (C=O) groups is 1. The number of aliphatic hydroxyl groups is 1. The Morgan fingerprint density at radius 3 is 3.06 bits per heavy atom. The number of thiophene rings is 1. The number of aliphatic hydroxyl groups excluding tert-OH is 1. The molecule has 5 heteroatoms. The number of hydrogen-bond donors (Lipinski definition) is 2. The summed E-state index contributed by atoms with van der Waals surface area (Å²) in [5.41, 5.74) is 0.656. The first kappa shape index (κ1) is 13.0. The Labute approximate surface area is 109 Å². The van der Waals surface area contributed by atoms with E-state index in [-0.39, 0.29) is 12.5 Å². The summed E-state index contributed by atoms with van der Waals surface area (Å²) in [7, 11) is 0. The quantitative estimate of drug-likeness (QED) is 0.781. The molecule has 0 saturated carbocycles. The van der Waals surface area contributed by atoms with Gasteiger partial charge < -0.3 is 15.2 Å². The van der Waals surface area contributed by atoms with E-state index in [0.717, 1.165) is 5.39 Å². The molecule has 0 atom stereocenters. The van der Waals surface area contributed by atoms with E-state index >= 15 is 0 Å². The zero-order chi connectivity index (χ0) is 12.8. The van der Waals surface area contributed by atoms with Gasteiger partial charge in [0, 0.05) is 16.8 Å². The third kappa shape index (κ3) is 3.29. The highest BCUT2D eigenvalue weighted by Crippen LogP contribution is 2.21. The Hall–Kier alpha value is -1.43. The highest BCUT2D eigenvalue weighted by Gasteiger charge is 2.05. The molecule has 2 aromatic rings. The molecular weight excluding hydrogens is 250 g/mol. The lowest BCUT2D eigenvalue weighted by atomic mass is 10.1. The van der Waals surface area contributed by atoms with E-state index in [4.69, 9.17) is 9.84 Å². The lowest BCUT2D eigenvalue weighted by Gasteiger charge is -2.05. The first-order valence-electron chi connectivity index (χ1n) is 5.75. The van der Waals surface area contributed by atoms with Crippen LogP contribution in [0.25, 0.3) is 10.1 Å². The minimum atomic E-state index is -0.101. The fraction of sp³-hybridized carbons (Fsp3) is 0.308. The van der Waals surface area contributed by atoms with E-state index in [0.29, 0.717) is 25.3 Å². The van der Waals surface area contributed by atoms with Crippen LogP contribution in [0.2, 0.25) is 0 Å². The highest BCUT2D eigenvalue weighted by molar-refractivity contribution is 7.17. The molecule has 18 heavy (non-hydrogen) atoms. The van der Waals surface area contributed by atoms with Gasteiger partial charge in [-0.1, -0.05) is 0 Å². The third-order valence-electron chi connectivity index (χ3n) is 2.48. The van der Waals surface area contributed by atoms with Crippen molar-refractivity contribution in [2.45, 2.75) is 0 Å². The van der Waals surface area contributed by atoms with Crippen LogP contribution in [0.3, 0.4) is 0 Å². The molecule has 96 valence electrons. The van der Waals surface area contributed by atoms with E-state index in [2.05, 4.69) is 5.32 Å². The number of hydrogen-bond acceptors (Lipinski definition) is 4. The summed E-state index contributed by atoms with van der Waals surface area (Å²) < 4.78 is 6.24. The molecule has 2 rings (SSSR count). The van der Waals surface area contributed by atoms with Crippen LogP contribution in [0.5, 0.6) is 0 Å². The van der Waals surface area contributed by atoms with Gasteiger partial charge in [0.15, 0.2) is 0 Å². The average Bonchev–Trinajstić information content (AvgIpc) is 2.85. The second-order valence-electron chi connectivity index (χ2n) is 3.77. The van der Waals surface area contributed by atoms with Crippen molar-refractivity contribution >= 4 is 27.3 Å². The number of nitrogens with one attached hydrogen (secondary N) is 1. The fourth-order valence-electron chi connectivity index (χ4n) is 1.61. The Morgan fingerprint density at radius 2 is 2.22 bits per heavy atom. The fourth-order valence-corrected chi connectivity index (χ4v) is 2.38. The lowest BCUT2D eigenvalue weighted by molar-refractivity contribution is 0.0838. The monoisotopic (exact) mass is 265 g/mol. The molecule has 0 spiro atoms. The summed E-state index contributed by atoms with van der Waals surface area (Å²) in [5.74, 6) is -0.101. The summed E-state index contributed by atoms with van der Waals surface area (Å²) in [5, 5.41) is 14.4. The number of carbonyl (C=O) groups excluding carboxylic acids is 1. The molecule has 4 nitrogen and oxygen atoms in total. The summed E-state index contributed by atoms with van der Waals surface area (Å²) in [6, 6.07) is 7.66. The van der Waals surface area contributed by atoms with Gasteiger partial charge in [0.2, 0.25) is 0 Å². The minimum Gasteiger partial charge on any atom is -0.394 e. The van der Waals surface area contributed by atoms with Gasteiger partial charge in [0.25, 0.3) is 5.91 Å². The molecule has 0 aliphatic heterocycles. The Balaban J connectivity index is 1.88. The Bertz CT molecular complexity index is 524. The maximum atomic E-state index is 11.8. The SMILES string of the molecule is O=C(NCCOCCO)c1ccc2sccc2c1. The molecule has 1 aromatic heterocycles. The molecule has 0 bridgehead atoms. The van der Waals surface area contributed by atoms with Crippen LogP contribution < -0.4 is 5.32 Å². The number of fused-ring (bicyclic) bond motifs is 1. The van der Waals surface area contributed by atoms with Crippen molar-refractivity contribution in [2.24, 2.45) is 0 Å². The average molecular weight is 265 g/mol. The Kier molecular flexibility index (Phi) is 4.69. The second-order valence-corrected chi connectivity index (χ2v) is 4.71. The topological polar surface area (TPSA) is 58.6 Å². The van der Waals surface area contributed by atoms with E-state index in [1.54, 1.807) is 11.3 Å². The summed E-state index contributed by atoms with van der Waals surface area (Å²) >= 11 is 1.66. The van der Waals surface area contributed by atoms with Gasteiger partial charge in [-0.15, -0.1) is 11.3 Å². The van der Waals surface area contributed by atoms with Crippen molar-refractivity contribution in [3.63, 3.8) is 0 Å². The number of rotatable bonds is 6. The van der Waals surface area contributed by atoms with E-state index in [1.165, 1.54) is 4.70 Å². The van der Waals surface area contributed by atoms with Crippen LogP contribution in [0.15, 0.2) is 29.6 Å². The molecule has 1 aromatic carbocycles. The van der Waals surface area contributed by atoms with Crippen LogP contribution in [0.4, 0.5) is 0 Å². The molecule has 2 N–H and O–H groups in total. The van der Waals surface area contributed by atoms with Crippen LogP contribution in [0.1, 0.15) is 10.4 Å². The van der Waals surface area contributed by atoms with E-state index in [1.807, 2.05) is 29.6 Å². The van der Waals surface area contributed by atoms with Crippen molar-refractivity contribution in [2.75, 3.05) is 26.4 Å². The molecule has 0 saturated heterocycles. The molecule has 1 heterocycles. The molecular formula is C13H15NO3S. The number of ether oxygens (including phenoxy) is 1. The van der Waals surface area contributed by atoms with Gasteiger partial charge >= 0.3 is 0 Å². The standard InChI is InChI=1S/C13H15NO3S/c15-5-7-17-6-4-14-13(16)11-1-2-12-10(9-11)3-8-18-12/h1-3,8-9,15H,4-7H2,(H,14,16). The van der Waals surface area contributed by atoms with Crippen LogP contribution in [0, 0.1) is 0 Å². The maximum Gasteiger partial charge on any atom is 0.251 e. The van der Waals surface area contributed by atoms with Gasteiger partial charge in [-0.3, -0.25) is 4.79 Å². The molecule has 0 fully saturated rings. The number of benzene rings is 1. The van der Waals surface area contributed by atoms with Gasteiger partial charge in [-0.05, 0) is 35.0 Å². The smallest absolute Gasteiger partial charge is 0.251 e. The minimum absolute atomic E-state index is 0.00275. The normalized spacial score (nSPS) is 10.7. The summed E-state index contributed by atoms with van der Waals surface area (Å²) in [6.07, 6.45) is 0. The van der Waals surface area contributed by atoms with Crippen molar-refractivity contribution in [1.29, 1.82) is 0 Å². The van der Waals surface area contributed by atoms with Crippen LogP contribution in [-0.4, -0.2) is 37.4 Å². The largest absolute Gasteiger partial charge is 0.394 e. The van der Waals surface area contributed by atoms with Gasteiger partial charge in [-0.2, -0.15) is 0 Å². The predicted molar refractivity (Wildman–Crippen MR) is 72.1 cm³/mol. The third-order valence-corrected chi connectivity index (χ3v) is 3.38. The summed E-state index contributed by atoms with van der Waals surface area (Å²) in [6.45, 7) is 1.16. The Morgan fingerprint density at radius 1 is 1.33 bits per heavy atom. The van der Waals surface area contributed by atoms with Crippen molar-refractivity contribution in [1.82, 2.24) is 5.32 Å². The zero-order valence-electron chi connectivity index (χ0n) is 9.89. The first-order chi connectivity index (χ1) is 8.81. The highest BCUT2D eigenvalue weighted by atomic mass is 32.1. The zero-order valence-corrected chi connectivity index (χ0v) is 10.7. The predicted octanol–water partition coefficient (Wildman–Crippen LogP) is 1.64. The summed E-state index contributed by atoms with van der Waals surface area (Å²) in [4.78, 5) is 11.8. The molecule has 0 aliphatic carbocycles. The molecule has 0 unspecified atom stereocenters. The van der Waals surface area contributed by atoms with Gasteiger partial charge in [-0.25, -0.2) is 0 Å². The number of amides is 1. The first-order valence-corrected chi connectivity index (χ1v) is 6.63. The van der Waals surface area contributed by atoms with E-state index < -0.39 is 0 Å². The van der Waals surface area contributed by atoms with Crippen molar-refractivity contribution in [3.05, 3.63) is 35.2 Å². The molecule has 1 amide bonds. The van der Waals surface area contributed by atoms with Crippen LogP contribution in [-0.2, 0) is 4.74 Å². The maximum absolute atomic E-state index is 11.8. The van der Waals surface area contributed by atoms with Crippen LogP contribution >= 0.6 is 11.3 Å².